The highest BCUT2D eigenvalue weighted by Gasteiger charge is 2.22. The number of amides is 1. The Balaban J connectivity index is 1.35. The van der Waals surface area contributed by atoms with E-state index in [4.69, 9.17) is 15.5 Å². The topological polar surface area (TPSA) is 114 Å². The van der Waals surface area contributed by atoms with E-state index in [0.717, 1.165) is 54.4 Å². The van der Waals surface area contributed by atoms with Crippen molar-refractivity contribution < 1.29 is 13.9 Å². The van der Waals surface area contributed by atoms with Crippen LogP contribution in [0, 0.1) is 12.7 Å². The van der Waals surface area contributed by atoms with Crippen LogP contribution >= 0.6 is 0 Å². The molecule has 1 saturated heterocycles. The third kappa shape index (κ3) is 4.28. The van der Waals surface area contributed by atoms with Crippen molar-refractivity contribution in [3.63, 3.8) is 0 Å². The van der Waals surface area contributed by atoms with Crippen LogP contribution < -0.4 is 20.7 Å². The quantitative estimate of drug-likeness (QED) is 0.402. The zero-order chi connectivity index (χ0) is 26.4. The first kappa shape index (κ1) is 24.1. The summed E-state index contributed by atoms with van der Waals surface area (Å²) in [5, 5.41) is 3.21. The minimum Gasteiger partial charge on any atom is -0.493 e. The molecule has 10 nitrogen and oxygen atoms in total. The van der Waals surface area contributed by atoms with Crippen LogP contribution in [0.5, 0.6) is 5.75 Å². The number of imidazole rings is 1. The molecular weight excluding hydrogens is 487 g/mol. The Morgan fingerprint density at radius 1 is 1.13 bits per heavy atom. The number of ether oxygens (including phenoxy) is 1. The Morgan fingerprint density at radius 2 is 1.95 bits per heavy atom. The van der Waals surface area contributed by atoms with Crippen LogP contribution in [0.25, 0.3) is 16.8 Å². The largest absolute Gasteiger partial charge is 0.493 e. The van der Waals surface area contributed by atoms with Crippen molar-refractivity contribution in [2.24, 2.45) is 5.73 Å². The minimum atomic E-state index is -0.644. The van der Waals surface area contributed by atoms with E-state index in [-0.39, 0.29) is 18.1 Å². The maximum absolute atomic E-state index is 14.7. The van der Waals surface area contributed by atoms with Gasteiger partial charge in [-0.15, -0.1) is 0 Å². The lowest BCUT2D eigenvalue weighted by molar-refractivity contribution is 0.0996. The summed E-state index contributed by atoms with van der Waals surface area (Å²) in [6.07, 6.45) is 3.90. The summed E-state index contributed by atoms with van der Waals surface area (Å²) in [5.74, 6) is 1.11. The molecule has 0 radical (unpaired) electrons. The van der Waals surface area contributed by atoms with Crippen LogP contribution in [-0.2, 0) is 13.0 Å². The van der Waals surface area contributed by atoms with Gasteiger partial charge in [0.15, 0.2) is 0 Å². The normalized spacial score (nSPS) is 15.5. The smallest absolute Gasteiger partial charge is 0.268 e. The predicted octanol–water partition coefficient (Wildman–Crippen LogP) is 2.64. The van der Waals surface area contributed by atoms with Crippen LogP contribution in [0.4, 0.5) is 16.2 Å². The van der Waals surface area contributed by atoms with Gasteiger partial charge in [-0.2, -0.15) is 0 Å². The van der Waals surface area contributed by atoms with E-state index in [0.29, 0.717) is 35.9 Å². The van der Waals surface area contributed by atoms with Gasteiger partial charge < -0.3 is 25.6 Å². The molecule has 2 aliphatic heterocycles. The number of nitrogens with zero attached hydrogens (tertiary/aromatic N) is 6. The van der Waals surface area contributed by atoms with Crippen molar-refractivity contribution in [1.82, 2.24) is 24.3 Å². The Morgan fingerprint density at radius 3 is 2.71 bits per heavy atom. The SMILES string of the molecule is Cc1nc(N2CCN(C)CC2)ccc1-c1cnc(NCc2c(F)ccc3c2CCO3)n2cc(C(N)=O)nc12. The molecule has 38 heavy (non-hydrogen) atoms. The first-order valence-corrected chi connectivity index (χ1v) is 12.7. The molecule has 6 rings (SSSR count). The number of anilines is 2. The number of pyridine rings is 1. The molecule has 5 heterocycles. The lowest BCUT2D eigenvalue weighted by atomic mass is 10.0. The van der Waals surface area contributed by atoms with Gasteiger partial charge in [0.05, 0.1) is 6.61 Å². The molecule has 0 spiro atoms. The van der Waals surface area contributed by atoms with Crippen molar-refractivity contribution in [2.45, 2.75) is 19.9 Å². The Labute approximate surface area is 219 Å². The maximum atomic E-state index is 14.7. The highest BCUT2D eigenvalue weighted by atomic mass is 19.1. The highest BCUT2D eigenvalue weighted by molar-refractivity contribution is 5.93. The molecule has 3 N–H and O–H groups in total. The van der Waals surface area contributed by atoms with Crippen molar-refractivity contribution in [2.75, 3.05) is 50.1 Å². The fourth-order valence-corrected chi connectivity index (χ4v) is 5.13. The first-order valence-electron chi connectivity index (χ1n) is 12.7. The molecular formula is C27H29FN8O2. The molecule has 1 amide bonds. The van der Waals surface area contributed by atoms with E-state index >= 15 is 0 Å². The number of aromatic nitrogens is 4. The summed E-state index contributed by atoms with van der Waals surface area (Å²) in [6, 6.07) is 7.10. The first-order chi connectivity index (χ1) is 18.4. The average molecular weight is 517 g/mol. The van der Waals surface area contributed by atoms with Crippen molar-refractivity contribution >= 4 is 23.3 Å². The summed E-state index contributed by atoms with van der Waals surface area (Å²) in [7, 11) is 2.12. The van der Waals surface area contributed by atoms with Crippen molar-refractivity contribution in [3.05, 3.63) is 65.0 Å². The third-order valence-corrected chi connectivity index (χ3v) is 7.30. The molecule has 3 aromatic heterocycles. The van der Waals surface area contributed by atoms with Crippen LogP contribution in [0.3, 0.4) is 0 Å². The zero-order valence-electron chi connectivity index (χ0n) is 21.4. The van der Waals surface area contributed by atoms with Gasteiger partial charge in [0.25, 0.3) is 5.91 Å². The molecule has 1 aromatic carbocycles. The van der Waals surface area contributed by atoms with E-state index in [1.807, 2.05) is 19.1 Å². The van der Waals surface area contributed by atoms with E-state index in [2.05, 4.69) is 32.1 Å². The number of halogens is 1. The molecule has 196 valence electrons. The van der Waals surface area contributed by atoms with Gasteiger partial charge in [-0.05, 0) is 38.2 Å². The summed E-state index contributed by atoms with van der Waals surface area (Å²) < 4.78 is 21.9. The molecule has 0 unspecified atom stereocenters. The number of nitrogens with one attached hydrogen (secondary N) is 1. The van der Waals surface area contributed by atoms with Crippen LogP contribution in [0.15, 0.2) is 36.7 Å². The zero-order valence-corrected chi connectivity index (χ0v) is 21.4. The van der Waals surface area contributed by atoms with Crippen molar-refractivity contribution in [1.29, 1.82) is 0 Å². The van der Waals surface area contributed by atoms with Gasteiger partial charge in [-0.25, -0.2) is 19.3 Å². The van der Waals surface area contributed by atoms with E-state index < -0.39 is 5.91 Å². The number of rotatable bonds is 6. The lowest BCUT2D eigenvalue weighted by Gasteiger charge is -2.33. The summed E-state index contributed by atoms with van der Waals surface area (Å²) in [6.45, 7) is 6.53. The minimum absolute atomic E-state index is 0.113. The molecule has 0 aliphatic carbocycles. The second kappa shape index (κ2) is 9.56. The second-order valence-electron chi connectivity index (χ2n) is 9.73. The molecule has 1 fully saturated rings. The molecule has 0 atom stereocenters. The van der Waals surface area contributed by atoms with Crippen LogP contribution in [0.1, 0.15) is 27.3 Å². The number of hydrogen-bond acceptors (Lipinski definition) is 8. The highest BCUT2D eigenvalue weighted by Crippen LogP contribution is 2.32. The number of nitrogens with two attached hydrogens (primary N) is 1. The fraction of sp³-hybridized carbons (Fsp3) is 0.333. The Kier molecular flexibility index (Phi) is 6.07. The number of carbonyl (C=O) groups is 1. The number of hydrogen-bond donors (Lipinski definition) is 2. The Bertz CT molecular complexity index is 1540. The van der Waals surface area contributed by atoms with E-state index in [1.165, 1.54) is 6.07 Å². The van der Waals surface area contributed by atoms with Gasteiger partial charge in [-0.1, -0.05) is 0 Å². The fourth-order valence-electron chi connectivity index (χ4n) is 5.13. The van der Waals surface area contributed by atoms with E-state index in [9.17, 15) is 9.18 Å². The number of piperazine rings is 1. The summed E-state index contributed by atoms with van der Waals surface area (Å²) >= 11 is 0. The number of carbonyl (C=O) groups excluding carboxylic acids is 1. The monoisotopic (exact) mass is 516 g/mol. The average Bonchev–Trinajstić information content (AvgIpc) is 3.57. The van der Waals surface area contributed by atoms with Gasteiger partial charge in [0, 0.05) is 79.5 Å². The number of likely N-dealkylation sites (N-methyl/N-ethyl adjacent to an activating group) is 1. The van der Waals surface area contributed by atoms with E-state index in [1.54, 1.807) is 22.9 Å². The number of primary amides is 1. The second-order valence-corrected chi connectivity index (χ2v) is 9.73. The number of fused-ring (bicyclic) bond motifs is 2. The molecule has 4 aromatic rings. The standard InChI is InChI=1S/C27H29FN8O2/c1-16-17(3-6-24(32-16)35-10-8-34(2)9-11-35)20-14-31-27(36-15-22(25(29)37)33-26(20)36)30-13-19-18-7-12-38-23(18)5-4-21(19)28/h3-6,14-15H,7-13H2,1-2H3,(H2,29,37)(H,30,31). The lowest BCUT2D eigenvalue weighted by Crippen LogP contribution is -2.44. The Hall–Kier alpha value is -4.25. The third-order valence-electron chi connectivity index (χ3n) is 7.30. The van der Waals surface area contributed by atoms with Crippen molar-refractivity contribution in [3.8, 4) is 16.9 Å². The van der Waals surface area contributed by atoms with Gasteiger partial charge in [0.2, 0.25) is 5.95 Å². The molecule has 0 saturated carbocycles. The number of benzene rings is 1. The van der Waals surface area contributed by atoms with Gasteiger partial charge in [0.1, 0.15) is 28.7 Å². The van der Waals surface area contributed by atoms with Crippen LogP contribution in [-0.4, -0.2) is 70.0 Å². The van der Waals surface area contributed by atoms with Gasteiger partial charge in [-0.3, -0.25) is 9.20 Å². The summed E-state index contributed by atoms with van der Waals surface area (Å²) in [4.78, 5) is 30.6. The number of aryl methyl sites for hydroxylation is 1. The van der Waals surface area contributed by atoms with Gasteiger partial charge >= 0.3 is 0 Å². The van der Waals surface area contributed by atoms with Crippen LogP contribution in [0.2, 0.25) is 0 Å². The molecule has 11 heteroatoms. The molecule has 0 bridgehead atoms. The maximum Gasteiger partial charge on any atom is 0.268 e. The summed E-state index contributed by atoms with van der Waals surface area (Å²) in [5.41, 5.74) is 9.99. The molecule has 2 aliphatic rings. The predicted molar refractivity (Wildman–Crippen MR) is 142 cm³/mol.